The first-order valence-corrected chi connectivity index (χ1v) is 6.95. The summed E-state index contributed by atoms with van der Waals surface area (Å²) in [5, 5.41) is 9.11. The number of rotatable bonds is 3. The highest BCUT2D eigenvalue weighted by molar-refractivity contribution is 9.09. The van der Waals surface area contributed by atoms with Crippen LogP contribution < -0.4 is 5.73 Å². The van der Waals surface area contributed by atoms with Gasteiger partial charge in [0.15, 0.2) is 0 Å². The third-order valence-electron chi connectivity index (χ3n) is 2.85. The molecule has 3 N–H and O–H groups in total. The van der Waals surface area contributed by atoms with E-state index in [-0.39, 0.29) is 5.70 Å². The van der Waals surface area contributed by atoms with E-state index >= 15 is 0 Å². The normalized spacial score (nSPS) is 32.3. The van der Waals surface area contributed by atoms with Crippen LogP contribution in [0.2, 0.25) is 0 Å². The number of carbonyl (C=O) groups excluding carboxylic acids is 1. The Morgan fingerprint density at radius 1 is 1.82 bits per heavy atom. The van der Waals surface area contributed by atoms with E-state index in [0.29, 0.717) is 16.7 Å². The van der Waals surface area contributed by atoms with Crippen molar-refractivity contribution in [3.63, 3.8) is 0 Å². The van der Waals surface area contributed by atoms with E-state index < -0.39 is 23.0 Å². The zero-order chi connectivity index (χ0) is 12.8. The number of nitrogens with two attached hydrogens (primary N) is 1. The van der Waals surface area contributed by atoms with Gasteiger partial charge in [0.05, 0.1) is 0 Å². The molecule has 6 nitrogen and oxygen atoms in total. The third-order valence-corrected chi connectivity index (χ3v) is 4.92. The Balaban J connectivity index is 2.40. The predicted molar refractivity (Wildman–Crippen MR) is 65.5 cm³/mol. The fraction of sp³-hybridized carbons (Fsp3) is 0.556. The maximum absolute atomic E-state index is 11.9. The van der Waals surface area contributed by atoms with Gasteiger partial charge in [-0.2, -0.15) is 0 Å². The number of hydrogen-bond acceptors (Lipinski definition) is 5. The number of amides is 1. The number of ether oxygens (including phenoxy) is 1. The Morgan fingerprint density at radius 2 is 2.47 bits per heavy atom. The van der Waals surface area contributed by atoms with Crippen LogP contribution in [0, 0.1) is 0 Å². The van der Waals surface area contributed by atoms with Crippen LogP contribution >= 0.6 is 27.7 Å². The number of carbonyl (C=O) groups is 2. The van der Waals surface area contributed by atoms with E-state index in [1.807, 2.05) is 0 Å². The van der Waals surface area contributed by atoms with Crippen molar-refractivity contribution >= 4 is 39.6 Å². The van der Waals surface area contributed by atoms with Crippen LogP contribution in [0.3, 0.4) is 0 Å². The standard InChI is InChI=1S/C9H11BrN2O4S/c1-16-9(11)7(15)12-5(6(13)14)4(2-10)3-17-8(9)12/h8H,2-3,11H2,1H3,(H,13,14)/t8-,9?/m0/s1. The Bertz CT molecular complexity index is 427. The maximum atomic E-state index is 11.9. The summed E-state index contributed by atoms with van der Waals surface area (Å²) in [6.45, 7) is 0. The summed E-state index contributed by atoms with van der Waals surface area (Å²) in [5.41, 5.74) is 5.08. The first kappa shape index (κ1) is 12.9. The van der Waals surface area contributed by atoms with Crippen molar-refractivity contribution in [3.8, 4) is 0 Å². The molecule has 0 bridgehead atoms. The average molecular weight is 323 g/mol. The lowest BCUT2D eigenvalue weighted by Gasteiger charge is -2.54. The van der Waals surface area contributed by atoms with Crippen molar-refractivity contribution in [1.82, 2.24) is 4.90 Å². The molecule has 2 aliphatic heterocycles. The summed E-state index contributed by atoms with van der Waals surface area (Å²) < 4.78 is 4.99. The van der Waals surface area contributed by atoms with Crippen LogP contribution in [0.25, 0.3) is 0 Å². The van der Waals surface area contributed by atoms with E-state index in [4.69, 9.17) is 15.6 Å². The Morgan fingerprint density at radius 3 is 2.94 bits per heavy atom. The van der Waals surface area contributed by atoms with Gasteiger partial charge < -0.3 is 9.84 Å². The summed E-state index contributed by atoms with van der Waals surface area (Å²) in [6, 6.07) is 0. The molecule has 1 saturated heterocycles. The van der Waals surface area contributed by atoms with Crippen LogP contribution in [0.15, 0.2) is 11.3 Å². The van der Waals surface area contributed by atoms with Gasteiger partial charge in [-0.25, -0.2) is 4.79 Å². The van der Waals surface area contributed by atoms with Gasteiger partial charge in [-0.05, 0) is 5.57 Å². The molecule has 1 amide bonds. The highest BCUT2D eigenvalue weighted by atomic mass is 79.9. The molecule has 2 rings (SSSR count). The van der Waals surface area contributed by atoms with E-state index in [0.717, 1.165) is 0 Å². The number of thioether (sulfide) groups is 1. The van der Waals surface area contributed by atoms with E-state index in [1.165, 1.54) is 23.8 Å². The summed E-state index contributed by atoms with van der Waals surface area (Å²) in [7, 11) is 1.35. The molecule has 0 aromatic rings. The lowest BCUT2D eigenvalue weighted by Crippen LogP contribution is -2.78. The van der Waals surface area contributed by atoms with Crippen LogP contribution in [-0.2, 0) is 14.3 Å². The summed E-state index contributed by atoms with van der Waals surface area (Å²) >= 11 is 4.63. The largest absolute Gasteiger partial charge is 0.477 e. The quantitative estimate of drug-likeness (QED) is 0.429. The van der Waals surface area contributed by atoms with Crippen LogP contribution in [0.1, 0.15) is 0 Å². The number of halogens is 1. The molecule has 1 fully saturated rings. The second-order valence-electron chi connectivity index (χ2n) is 3.73. The molecule has 2 heterocycles. The van der Waals surface area contributed by atoms with Gasteiger partial charge >= 0.3 is 5.97 Å². The summed E-state index contributed by atoms with van der Waals surface area (Å²) in [6.07, 6.45) is 0. The minimum atomic E-state index is -1.40. The van der Waals surface area contributed by atoms with Crippen molar-refractivity contribution < 1.29 is 19.4 Å². The number of β-lactam (4-membered cyclic amide) rings is 1. The molecule has 0 spiro atoms. The van der Waals surface area contributed by atoms with Gasteiger partial charge in [0, 0.05) is 18.2 Å². The third kappa shape index (κ3) is 1.62. The molecule has 0 aliphatic carbocycles. The highest BCUT2D eigenvalue weighted by Crippen LogP contribution is 2.45. The molecule has 0 aromatic carbocycles. The zero-order valence-corrected chi connectivity index (χ0v) is 11.4. The molecule has 8 heteroatoms. The number of aliphatic carboxylic acids is 1. The van der Waals surface area contributed by atoms with Crippen LogP contribution in [0.4, 0.5) is 0 Å². The van der Waals surface area contributed by atoms with Gasteiger partial charge in [-0.1, -0.05) is 15.9 Å². The number of alkyl halides is 1. The maximum Gasteiger partial charge on any atom is 0.352 e. The van der Waals surface area contributed by atoms with Gasteiger partial charge in [0.2, 0.25) is 5.72 Å². The van der Waals surface area contributed by atoms with Gasteiger partial charge in [-0.3, -0.25) is 15.4 Å². The molecular formula is C9H11BrN2O4S. The number of methoxy groups -OCH3 is 1. The van der Waals surface area contributed by atoms with Crippen molar-refractivity contribution in [2.45, 2.75) is 11.1 Å². The molecular weight excluding hydrogens is 312 g/mol. The molecule has 0 aromatic heterocycles. The van der Waals surface area contributed by atoms with Crippen molar-refractivity contribution in [2.24, 2.45) is 5.73 Å². The first-order chi connectivity index (χ1) is 7.97. The number of fused-ring (bicyclic) bond motifs is 1. The number of carboxylic acids is 1. The fourth-order valence-corrected chi connectivity index (χ4v) is 4.02. The van der Waals surface area contributed by atoms with Gasteiger partial charge in [0.1, 0.15) is 11.1 Å². The molecule has 94 valence electrons. The lowest BCUT2D eigenvalue weighted by molar-refractivity contribution is -0.182. The van der Waals surface area contributed by atoms with Crippen molar-refractivity contribution in [3.05, 3.63) is 11.3 Å². The SMILES string of the molecule is COC1(N)C(=O)N2C(C(=O)O)=C(CBr)CS[C@H]21. The molecule has 2 aliphatic rings. The zero-order valence-electron chi connectivity index (χ0n) is 8.97. The Hall–Kier alpha value is -0.570. The lowest BCUT2D eigenvalue weighted by atomic mass is 10.00. The van der Waals surface area contributed by atoms with Gasteiger partial charge in [-0.15, -0.1) is 11.8 Å². The summed E-state index contributed by atoms with van der Waals surface area (Å²) in [5.74, 6) is -1.10. The minimum Gasteiger partial charge on any atom is -0.477 e. The van der Waals surface area contributed by atoms with Gasteiger partial charge in [0.25, 0.3) is 5.91 Å². The molecule has 17 heavy (non-hydrogen) atoms. The van der Waals surface area contributed by atoms with E-state index in [9.17, 15) is 9.59 Å². The van der Waals surface area contributed by atoms with Crippen molar-refractivity contribution in [2.75, 3.05) is 18.2 Å². The monoisotopic (exact) mass is 322 g/mol. The Labute approximate surface area is 110 Å². The molecule has 1 unspecified atom stereocenters. The van der Waals surface area contributed by atoms with Crippen molar-refractivity contribution in [1.29, 1.82) is 0 Å². The molecule has 0 saturated carbocycles. The van der Waals surface area contributed by atoms with E-state index in [1.54, 1.807) is 0 Å². The van der Waals surface area contributed by atoms with Crippen LogP contribution in [0.5, 0.6) is 0 Å². The topological polar surface area (TPSA) is 92.9 Å². The smallest absolute Gasteiger partial charge is 0.352 e. The first-order valence-electron chi connectivity index (χ1n) is 4.78. The number of carboxylic acid groups (broad SMARTS) is 1. The second kappa shape index (κ2) is 4.27. The second-order valence-corrected chi connectivity index (χ2v) is 5.36. The molecule has 0 radical (unpaired) electrons. The predicted octanol–water partition coefficient (Wildman–Crippen LogP) is -0.0635. The van der Waals surface area contributed by atoms with E-state index in [2.05, 4.69) is 15.9 Å². The number of hydrogen-bond donors (Lipinski definition) is 2. The highest BCUT2D eigenvalue weighted by Gasteiger charge is 2.63. The molecule has 2 atom stereocenters. The number of nitrogens with zero attached hydrogens (tertiary/aromatic N) is 1. The Kier molecular flexibility index (Phi) is 3.23. The van der Waals surface area contributed by atoms with Crippen LogP contribution in [-0.4, -0.2) is 51.2 Å². The average Bonchev–Trinajstić information content (AvgIpc) is 2.35. The fourth-order valence-electron chi connectivity index (χ4n) is 1.91. The summed E-state index contributed by atoms with van der Waals surface area (Å²) in [4.78, 5) is 24.3. The minimum absolute atomic E-state index is 0.0220.